The Balaban J connectivity index is 1.47. The number of nitrogens with zero attached hydrogens (tertiary/aromatic N) is 1. The summed E-state index contributed by atoms with van der Waals surface area (Å²) in [6, 6.07) is 19.3. The lowest BCUT2D eigenvalue weighted by Gasteiger charge is -2.23. The van der Waals surface area contributed by atoms with Crippen molar-refractivity contribution >= 4 is 45.9 Å². The Morgan fingerprint density at radius 3 is 2.38 bits per heavy atom. The van der Waals surface area contributed by atoms with Crippen molar-refractivity contribution < 1.29 is 9.59 Å². The summed E-state index contributed by atoms with van der Waals surface area (Å²) >= 11 is 7.93. The Morgan fingerprint density at radius 1 is 1.03 bits per heavy atom. The first kappa shape index (κ1) is 19.8. The van der Waals surface area contributed by atoms with Crippen molar-refractivity contribution in [1.82, 2.24) is 4.90 Å². The Morgan fingerprint density at radius 2 is 1.72 bits per heavy atom. The molecule has 1 aliphatic carbocycles. The quantitative estimate of drug-likeness (QED) is 0.550. The maximum Gasteiger partial charge on any atom is 0.248 e. The molecular formula is C23H21ClN2O2S. The monoisotopic (exact) mass is 424 g/mol. The number of carbonyl (C=O) groups excluding carboxylic acids is 2. The largest absolute Gasteiger partial charge is 0.366 e. The van der Waals surface area contributed by atoms with Crippen LogP contribution in [0.5, 0.6) is 0 Å². The Kier molecular flexibility index (Phi) is 5.79. The van der Waals surface area contributed by atoms with E-state index in [1.54, 1.807) is 12.1 Å². The van der Waals surface area contributed by atoms with Crippen LogP contribution in [0.1, 0.15) is 28.8 Å². The lowest BCUT2D eigenvalue weighted by Crippen LogP contribution is -2.34. The zero-order chi connectivity index (χ0) is 20.4. The minimum absolute atomic E-state index is 0.112. The summed E-state index contributed by atoms with van der Waals surface area (Å²) in [5.41, 5.74) is 6.77. The highest BCUT2D eigenvalue weighted by molar-refractivity contribution is 8.00. The van der Waals surface area contributed by atoms with Gasteiger partial charge in [0.25, 0.3) is 0 Å². The summed E-state index contributed by atoms with van der Waals surface area (Å²) < 4.78 is 0. The minimum atomic E-state index is -0.447. The molecule has 4 nitrogen and oxygen atoms in total. The molecule has 4 rings (SSSR count). The van der Waals surface area contributed by atoms with Crippen LogP contribution in [-0.4, -0.2) is 28.5 Å². The van der Waals surface area contributed by atoms with Crippen LogP contribution in [0.25, 0.3) is 10.8 Å². The first-order chi connectivity index (χ1) is 14.0. The smallest absolute Gasteiger partial charge is 0.248 e. The van der Waals surface area contributed by atoms with E-state index in [-0.39, 0.29) is 5.91 Å². The Bertz CT molecular complexity index is 1060. The van der Waals surface area contributed by atoms with Crippen LogP contribution >= 0.6 is 23.4 Å². The van der Waals surface area contributed by atoms with Crippen LogP contribution < -0.4 is 5.73 Å². The lowest BCUT2D eigenvalue weighted by atomic mass is 10.1. The molecule has 0 unspecified atom stereocenters. The molecule has 6 heteroatoms. The number of nitrogens with two attached hydrogens (primary N) is 1. The van der Waals surface area contributed by atoms with Crippen molar-refractivity contribution in [2.75, 3.05) is 5.75 Å². The molecule has 0 aromatic heterocycles. The highest BCUT2D eigenvalue weighted by Crippen LogP contribution is 2.34. The molecule has 0 saturated heterocycles. The number of primary amides is 1. The number of carbonyl (C=O) groups is 2. The van der Waals surface area contributed by atoms with Crippen molar-refractivity contribution in [2.24, 2.45) is 5.73 Å². The first-order valence-electron chi connectivity index (χ1n) is 9.51. The van der Waals surface area contributed by atoms with Gasteiger partial charge in [-0.25, -0.2) is 0 Å². The van der Waals surface area contributed by atoms with Gasteiger partial charge < -0.3 is 10.6 Å². The van der Waals surface area contributed by atoms with Gasteiger partial charge in [-0.3, -0.25) is 9.59 Å². The fourth-order valence-corrected chi connectivity index (χ4v) is 4.71. The molecule has 0 spiro atoms. The third-order valence-electron chi connectivity index (χ3n) is 5.07. The maximum absolute atomic E-state index is 13.0. The fraction of sp³-hybridized carbons (Fsp3) is 0.217. The van der Waals surface area contributed by atoms with Gasteiger partial charge in [0, 0.05) is 33.5 Å². The fourth-order valence-electron chi connectivity index (χ4n) is 3.38. The second-order valence-electron chi connectivity index (χ2n) is 7.20. The van der Waals surface area contributed by atoms with E-state index in [0.29, 0.717) is 28.9 Å². The van der Waals surface area contributed by atoms with Gasteiger partial charge in [-0.05, 0) is 48.1 Å². The molecule has 1 fully saturated rings. The SMILES string of the molecule is NC(=O)c1ccc(CN(C(=O)CSc2cccc3cccc(Cl)c23)C2CC2)cc1. The second-order valence-corrected chi connectivity index (χ2v) is 8.62. The van der Waals surface area contributed by atoms with E-state index in [2.05, 4.69) is 0 Å². The van der Waals surface area contributed by atoms with Crippen LogP contribution in [0, 0.1) is 0 Å². The zero-order valence-electron chi connectivity index (χ0n) is 15.8. The van der Waals surface area contributed by atoms with Gasteiger partial charge in [0.15, 0.2) is 0 Å². The van der Waals surface area contributed by atoms with Gasteiger partial charge >= 0.3 is 0 Å². The predicted molar refractivity (Wildman–Crippen MR) is 118 cm³/mol. The van der Waals surface area contributed by atoms with E-state index in [1.165, 1.54) is 11.8 Å². The molecule has 3 aromatic carbocycles. The van der Waals surface area contributed by atoms with Crippen LogP contribution in [0.2, 0.25) is 5.02 Å². The summed E-state index contributed by atoms with van der Waals surface area (Å²) in [7, 11) is 0. The van der Waals surface area contributed by atoms with Gasteiger partial charge in [0.05, 0.1) is 5.75 Å². The zero-order valence-corrected chi connectivity index (χ0v) is 17.4. The van der Waals surface area contributed by atoms with Crippen LogP contribution in [0.15, 0.2) is 65.6 Å². The standard InChI is InChI=1S/C23H21ClN2O2S/c24-19-5-1-3-16-4-2-6-20(22(16)19)29-14-21(27)26(18-11-12-18)13-15-7-9-17(10-8-15)23(25)28/h1-10,18H,11-14H2,(H2,25,28). The normalized spacial score (nSPS) is 13.4. The average molecular weight is 425 g/mol. The molecule has 0 bridgehead atoms. The number of amides is 2. The van der Waals surface area contributed by atoms with Gasteiger partial charge in [-0.1, -0.05) is 48.0 Å². The summed E-state index contributed by atoms with van der Waals surface area (Å²) in [4.78, 5) is 27.2. The van der Waals surface area contributed by atoms with Gasteiger partial charge in [-0.15, -0.1) is 11.8 Å². The van der Waals surface area contributed by atoms with E-state index >= 15 is 0 Å². The molecule has 148 valence electrons. The molecule has 0 heterocycles. The Hall–Kier alpha value is -2.50. The number of hydrogen-bond donors (Lipinski definition) is 1. The highest BCUT2D eigenvalue weighted by Gasteiger charge is 2.32. The molecule has 1 saturated carbocycles. The van der Waals surface area contributed by atoms with Crippen molar-refractivity contribution in [3.8, 4) is 0 Å². The number of halogens is 1. The minimum Gasteiger partial charge on any atom is -0.366 e. The van der Waals surface area contributed by atoms with Crippen molar-refractivity contribution in [1.29, 1.82) is 0 Å². The summed E-state index contributed by atoms with van der Waals surface area (Å²) in [5.74, 6) is 0.0255. The molecule has 0 aliphatic heterocycles. The number of thioether (sulfide) groups is 1. The molecule has 3 aromatic rings. The van der Waals surface area contributed by atoms with Crippen LogP contribution in [-0.2, 0) is 11.3 Å². The number of fused-ring (bicyclic) bond motifs is 1. The van der Waals surface area contributed by atoms with E-state index in [0.717, 1.165) is 34.1 Å². The van der Waals surface area contributed by atoms with Gasteiger partial charge in [0.1, 0.15) is 0 Å². The summed E-state index contributed by atoms with van der Waals surface area (Å²) in [5, 5.41) is 2.77. The molecule has 0 atom stereocenters. The van der Waals surface area contributed by atoms with E-state index in [1.807, 2.05) is 53.4 Å². The lowest BCUT2D eigenvalue weighted by molar-refractivity contribution is -0.129. The second kappa shape index (κ2) is 8.47. The van der Waals surface area contributed by atoms with Crippen molar-refractivity contribution in [2.45, 2.75) is 30.3 Å². The van der Waals surface area contributed by atoms with Gasteiger partial charge in [0.2, 0.25) is 11.8 Å². The number of hydrogen-bond acceptors (Lipinski definition) is 3. The van der Waals surface area contributed by atoms with Crippen molar-refractivity contribution in [3.63, 3.8) is 0 Å². The summed E-state index contributed by atoms with van der Waals surface area (Å²) in [6.07, 6.45) is 2.08. The summed E-state index contributed by atoms with van der Waals surface area (Å²) in [6.45, 7) is 0.541. The average Bonchev–Trinajstić information content (AvgIpc) is 3.56. The van der Waals surface area contributed by atoms with Gasteiger partial charge in [-0.2, -0.15) is 0 Å². The van der Waals surface area contributed by atoms with E-state index in [9.17, 15) is 9.59 Å². The highest BCUT2D eigenvalue weighted by atomic mass is 35.5. The number of benzene rings is 3. The topological polar surface area (TPSA) is 63.4 Å². The van der Waals surface area contributed by atoms with Crippen LogP contribution in [0.4, 0.5) is 0 Å². The first-order valence-corrected chi connectivity index (χ1v) is 10.9. The van der Waals surface area contributed by atoms with E-state index in [4.69, 9.17) is 17.3 Å². The maximum atomic E-state index is 13.0. The Labute approximate surface area is 179 Å². The predicted octanol–water partition coefficient (Wildman–Crippen LogP) is 4.88. The number of rotatable bonds is 7. The van der Waals surface area contributed by atoms with E-state index < -0.39 is 5.91 Å². The molecule has 2 amide bonds. The third-order valence-corrected chi connectivity index (χ3v) is 6.42. The van der Waals surface area contributed by atoms with Crippen molar-refractivity contribution in [3.05, 3.63) is 76.8 Å². The molecule has 1 aliphatic rings. The third kappa shape index (κ3) is 4.57. The molecule has 0 radical (unpaired) electrons. The molecular weight excluding hydrogens is 404 g/mol. The molecule has 29 heavy (non-hydrogen) atoms. The molecule has 2 N–H and O–H groups in total. The van der Waals surface area contributed by atoms with Crippen LogP contribution in [0.3, 0.4) is 0 Å².